The summed E-state index contributed by atoms with van der Waals surface area (Å²) in [5.74, 6) is 3.20. The van der Waals surface area contributed by atoms with E-state index in [2.05, 4.69) is 27.8 Å². The minimum absolute atomic E-state index is 0.0595. The number of tetrazole rings is 1. The highest BCUT2D eigenvalue weighted by Crippen LogP contribution is 2.49. The number of carbonyl (C=O) groups excluding carboxylic acids is 1. The predicted molar refractivity (Wildman–Crippen MR) is 112 cm³/mol. The standard InChI is InChI=1S/C21H29N5O2S/c1-13(19-11-16-4-7-17(19)10-16)22-20(27)14(2)29-21-23-24-25-26(21)12-15-5-8-18(28-3)9-6-15/h5-6,8-9,13-14,16-17,19H,4,7,10-12H2,1-3H3,(H,22,27)/t13-,14+,16-,17-,19+/m0/s1. The number of thioether (sulfide) groups is 1. The molecule has 0 spiro atoms. The second-order valence-corrected chi connectivity index (χ2v) is 9.67. The molecule has 2 aliphatic carbocycles. The Labute approximate surface area is 176 Å². The molecule has 2 aliphatic rings. The van der Waals surface area contributed by atoms with Gasteiger partial charge in [-0.1, -0.05) is 30.3 Å². The molecule has 29 heavy (non-hydrogen) atoms. The molecule has 156 valence electrons. The molecule has 8 heteroatoms. The number of aromatic nitrogens is 4. The monoisotopic (exact) mass is 415 g/mol. The number of benzene rings is 1. The molecule has 0 radical (unpaired) electrons. The Morgan fingerprint density at radius 3 is 2.72 bits per heavy atom. The van der Waals surface area contributed by atoms with Gasteiger partial charge in [0, 0.05) is 6.04 Å². The van der Waals surface area contributed by atoms with Crippen molar-refractivity contribution in [3.05, 3.63) is 29.8 Å². The van der Waals surface area contributed by atoms with Crippen LogP contribution in [0.15, 0.2) is 29.4 Å². The van der Waals surface area contributed by atoms with Crippen molar-refractivity contribution < 1.29 is 9.53 Å². The fourth-order valence-corrected chi connectivity index (χ4v) is 5.65. The quantitative estimate of drug-likeness (QED) is 0.667. The summed E-state index contributed by atoms with van der Waals surface area (Å²) in [6.07, 6.45) is 5.34. The van der Waals surface area contributed by atoms with Gasteiger partial charge in [0.15, 0.2) is 0 Å². The lowest BCUT2D eigenvalue weighted by Gasteiger charge is -2.29. The average molecular weight is 416 g/mol. The summed E-state index contributed by atoms with van der Waals surface area (Å²) >= 11 is 1.40. The normalized spacial score (nSPS) is 25.0. The molecule has 0 saturated heterocycles. The molecule has 5 atom stereocenters. The Morgan fingerprint density at radius 2 is 2.07 bits per heavy atom. The highest BCUT2D eigenvalue weighted by molar-refractivity contribution is 8.00. The lowest BCUT2D eigenvalue weighted by Crippen LogP contribution is -2.43. The Morgan fingerprint density at radius 1 is 1.28 bits per heavy atom. The SMILES string of the molecule is COc1ccc(Cn2nnnc2S[C@H](C)C(=O)N[C@@H](C)[C@H]2C[C@H]3CC[C@H]2C3)cc1. The van der Waals surface area contributed by atoms with E-state index in [1.54, 1.807) is 11.8 Å². The van der Waals surface area contributed by atoms with Crippen molar-refractivity contribution in [1.29, 1.82) is 0 Å². The van der Waals surface area contributed by atoms with Crippen LogP contribution < -0.4 is 10.1 Å². The van der Waals surface area contributed by atoms with E-state index in [0.717, 1.165) is 23.1 Å². The van der Waals surface area contributed by atoms with Crippen LogP contribution in [-0.4, -0.2) is 44.5 Å². The number of nitrogens with zero attached hydrogens (tertiary/aromatic N) is 4. The van der Waals surface area contributed by atoms with Gasteiger partial charge in [-0.25, -0.2) is 4.68 Å². The summed E-state index contributed by atoms with van der Waals surface area (Å²) in [4.78, 5) is 12.8. The van der Waals surface area contributed by atoms with Gasteiger partial charge in [0.05, 0.1) is 18.9 Å². The van der Waals surface area contributed by atoms with Crippen LogP contribution in [0.25, 0.3) is 0 Å². The highest BCUT2D eigenvalue weighted by Gasteiger charge is 2.42. The number of rotatable bonds is 8. The molecule has 0 aliphatic heterocycles. The van der Waals surface area contributed by atoms with Gasteiger partial charge in [-0.15, -0.1) is 5.10 Å². The van der Waals surface area contributed by atoms with Gasteiger partial charge in [0.25, 0.3) is 0 Å². The van der Waals surface area contributed by atoms with Crippen LogP contribution in [0.1, 0.15) is 45.1 Å². The first-order valence-electron chi connectivity index (χ1n) is 10.4. The van der Waals surface area contributed by atoms with Gasteiger partial charge in [-0.05, 0) is 79.0 Å². The first-order chi connectivity index (χ1) is 14.0. The zero-order valence-corrected chi connectivity index (χ0v) is 18.1. The lowest BCUT2D eigenvalue weighted by atomic mass is 9.84. The molecule has 1 heterocycles. The van der Waals surface area contributed by atoms with Crippen LogP contribution in [0.2, 0.25) is 0 Å². The minimum Gasteiger partial charge on any atom is -0.497 e. The molecule has 2 fully saturated rings. The molecule has 2 aromatic rings. The maximum absolute atomic E-state index is 12.8. The van der Waals surface area contributed by atoms with Crippen molar-refractivity contribution in [3.63, 3.8) is 0 Å². The number of nitrogens with one attached hydrogen (secondary N) is 1. The second kappa shape index (κ2) is 8.73. The van der Waals surface area contributed by atoms with Gasteiger partial charge >= 0.3 is 0 Å². The first kappa shape index (κ1) is 20.2. The number of carbonyl (C=O) groups is 1. The van der Waals surface area contributed by atoms with E-state index in [4.69, 9.17) is 4.74 Å². The van der Waals surface area contributed by atoms with E-state index in [9.17, 15) is 4.79 Å². The topological polar surface area (TPSA) is 81.9 Å². The second-order valence-electron chi connectivity index (χ2n) is 8.36. The minimum atomic E-state index is -0.253. The third-order valence-corrected chi connectivity index (χ3v) is 7.52. The van der Waals surface area contributed by atoms with Crippen molar-refractivity contribution in [2.75, 3.05) is 7.11 Å². The summed E-state index contributed by atoms with van der Waals surface area (Å²) in [6, 6.07) is 8.04. The first-order valence-corrected chi connectivity index (χ1v) is 11.3. The fourth-order valence-electron chi connectivity index (χ4n) is 4.85. The van der Waals surface area contributed by atoms with Gasteiger partial charge < -0.3 is 10.1 Å². The van der Waals surface area contributed by atoms with E-state index in [-0.39, 0.29) is 17.2 Å². The van der Waals surface area contributed by atoms with Crippen LogP contribution >= 0.6 is 11.8 Å². The predicted octanol–water partition coefficient (Wildman–Crippen LogP) is 3.15. The zero-order chi connectivity index (χ0) is 20.4. The maximum atomic E-state index is 12.8. The van der Waals surface area contributed by atoms with Crippen molar-refractivity contribution in [3.8, 4) is 5.75 Å². The number of hydrogen-bond donors (Lipinski definition) is 1. The van der Waals surface area contributed by atoms with Crippen molar-refractivity contribution >= 4 is 17.7 Å². The Balaban J connectivity index is 1.32. The summed E-state index contributed by atoms with van der Waals surface area (Å²) in [5.41, 5.74) is 1.07. The average Bonchev–Trinajstić information content (AvgIpc) is 3.46. The van der Waals surface area contributed by atoms with Crippen LogP contribution in [0, 0.1) is 17.8 Å². The molecule has 4 rings (SSSR count). The van der Waals surface area contributed by atoms with Crippen molar-refractivity contribution in [2.45, 2.75) is 62.5 Å². The van der Waals surface area contributed by atoms with Gasteiger partial charge in [-0.2, -0.15) is 0 Å². The molecule has 2 bridgehead atoms. The molecule has 7 nitrogen and oxygen atoms in total. The molecule has 0 unspecified atom stereocenters. The van der Waals surface area contributed by atoms with E-state index in [0.29, 0.717) is 17.6 Å². The third kappa shape index (κ3) is 4.57. The Bertz CT molecular complexity index is 840. The zero-order valence-electron chi connectivity index (χ0n) is 17.2. The van der Waals surface area contributed by atoms with E-state index in [1.807, 2.05) is 31.2 Å². The summed E-state index contributed by atoms with van der Waals surface area (Å²) in [7, 11) is 1.65. The number of ether oxygens (including phenoxy) is 1. The molecule has 1 aromatic carbocycles. The number of hydrogen-bond acceptors (Lipinski definition) is 6. The molecule has 1 aromatic heterocycles. The van der Waals surface area contributed by atoms with E-state index in [1.165, 1.54) is 37.4 Å². The Hall–Kier alpha value is -2.09. The Kier molecular flexibility index (Phi) is 6.08. The van der Waals surface area contributed by atoms with Gasteiger partial charge in [-0.3, -0.25) is 4.79 Å². The van der Waals surface area contributed by atoms with Crippen LogP contribution in [0.5, 0.6) is 5.75 Å². The van der Waals surface area contributed by atoms with Crippen molar-refractivity contribution in [1.82, 2.24) is 25.5 Å². The van der Waals surface area contributed by atoms with Crippen LogP contribution in [0.3, 0.4) is 0 Å². The van der Waals surface area contributed by atoms with Gasteiger partial charge in [0.1, 0.15) is 5.75 Å². The highest BCUT2D eigenvalue weighted by atomic mass is 32.2. The molecule has 1 N–H and O–H groups in total. The summed E-state index contributed by atoms with van der Waals surface area (Å²) in [6.45, 7) is 4.63. The van der Waals surface area contributed by atoms with Gasteiger partial charge in [0.2, 0.25) is 11.1 Å². The fraction of sp³-hybridized carbons (Fsp3) is 0.619. The largest absolute Gasteiger partial charge is 0.497 e. The van der Waals surface area contributed by atoms with E-state index < -0.39 is 0 Å². The van der Waals surface area contributed by atoms with Crippen molar-refractivity contribution in [2.24, 2.45) is 17.8 Å². The smallest absolute Gasteiger partial charge is 0.233 e. The molecular formula is C21H29N5O2S. The molecule has 2 saturated carbocycles. The van der Waals surface area contributed by atoms with Crippen LogP contribution in [-0.2, 0) is 11.3 Å². The third-order valence-electron chi connectivity index (χ3n) is 6.45. The summed E-state index contributed by atoms with van der Waals surface area (Å²) in [5, 5.41) is 15.6. The number of fused-ring (bicyclic) bond motifs is 2. The number of methoxy groups -OCH3 is 1. The molecule has 1 amide bonds. The lowest BCUT2D eigenvalue weighted by molar-refractivity contribution is -0.121. The summed E-state index contributed by atoms with van der Waals surface area (Å²) < 4.78 is 6.93. The number of amides is 1. The van der Waals surface area contributed by atoms with E-state index >= 15 is 0 Å². The van der Waals surface area contributed by atoms with Crippen LogP contribution in [0.4, 0.5) is 0 Å². The molecular weight excluding hydrogens is 386 g/mol. The maximum Gasteiger partial charge on any atom is 0.233 e.